The van der Waals surface area contributed by atoms with E-state index in [4.69, 9.17) is 35.2 Å². The Kier molecular flexibility index (Phi) is 17.1. The number of fused-ring (bicyclic) bond motifs is 7. The van der Waals surface area contributed by atoms with Gasteiger partial charge in [0.2, 0.25) is 11.6 Å². The monoisotopic (exact) mass is 872 g/mol. The van der Waals surface area contributed by atoms with E-state index >= 15 is 0 Å². The van der Waals surface area contributed by atoms with E-state index < -0.39 is 22.5 Å². The van der Waals surface area contributed by atoms with E-state index in [1.54, 1.807) is 43.3 Å². The van der Waals surface area contributed by atoms with E-state index in [2.05, 4.69) is 51.7 Å². The summed E-state index contributed by atoms with van der Waals surface area (Å²) >= 11 is 0. The van der Waals surface area contributed by atoms with Crippen molar-refractivity contribution in [2.45, 2.75) is 27.4 Å². The molecule has 5 aromatic rings. The van der Waals surface area contributed by atoms with Crippen LogP contribution in [0.5, 0.6) is 23.5 Å². The minimum Gasteiger partial charge on any atom is -0.490 e. The first-order valence-corrected chi connectivity index (χ1v) is 23.2. The summed E-state index contributed by atoms with van der Waals surface area (Å²) < 4.78 is 28.7. The number of benzene rings is 2. The fourth-order valence-corrected chi connectivity index (χ4v) is 5.17. The van der Waals surface area contributed by atoms with Crippen molar-refractivity contribution < 1.29 is 33.4 Å². The van der Waals surface area contributed by atoms with Crippen LogP contribution in [0.3, 0.4) is 0 Å². The fourth-order valence-electron chi connectivity index (χ4n) is 5.17. The van der Waals surface area contributed by atoms with Crippen LogP contribution in [0.2, 0.25) is 0 Å². The zero-order valence-electron chi connectivity index (χ0n) is 30.5. The Balaban J connectivity index is 0.000000234. The Hall–Kier alpha value is -5.46. The predicted molar refractivity (Wildman–Crippen MR) is 234 cm³/mol. The van der Waals surface area contributed by atoms with Gasteiger partial charge in [-0.05, 0) is 73.6 Å². The van der Waals surface area contributed by atoms with Gasteiger partial charge in [-0.25, -0.2) is 9.59 Å². The molecule has 0 saturated heterocycles. The highest BCUT2D eigenvalue weighted by atomic mass is 32.7. The van der Waals surface area contributed by atoms with Gasteiger partial charge in [0.15, 0.2) is 11.5 Å². The number of carbonyl (C=O) groups excluding carboxylic acids is 1. The first-order valence-electron chi connectivity index (χ1n) is 17.0. The van der Waals surface area contributed by atoms with Crippen LogP contribution in [0, 0.1) is 10.1 Å². The molecule has 2 aromatic carbocycles. The standard InChI is InChI=1S/C18H19N5O6.C16H15N5O3.CH4.H6P4/c1-2-27-18(24)22-11-12-6-5-7-13(10-12)28-8-3-4-9-29-17-20-15(19)14(23(25)26)16(22)21-17;17-13-12-14-20-15(19-13)24-7-2-1-6-23-11-5-3-4-10(8-11)9-21(14)16(22)18-12;;1-4(2)3/h3-7,10H,2,8-9,11H2,1H3,(H2,19,20,21);1-5,8H,6-7,9H2,(H,18,22)(H2,17,19,20);1H4;1-3H2/b4-3+;2-1+;;. The smallest absolute Gasteiger partial charge is 0.415 e. The zero-order chi connectivity index (χ0) is 40.9. The topological polar surface area (TPSA) is 251 Å². The molecule has 5 heterocycles. The number of amides is 1. The molecule has 58 heavy (non-hydrogen) atoms. The van der Waals surface area contributed by atoms with Gasteiger partial charge in [-0.2, -0.15) is 19.9 Å². The highest BCUT2D eigenvalue weighted by Crippen LogP contribution is 2.59. The molecule has 2 aliphatic heterocycles. The number of imidazole rings is 1. The maximum absolute atomic E-state index is 12.6. The second-order valence-corrected chi connectivity index (χ2v) is 23.3. The highest BCUT2D eigenvalue weighted by Gasteiger charge is 2.32. The summed E-state index contributed by atoms with van der Waals surface area (Å²) in [5.41, 5.74) is 13.2. The van der Waals surface area contributed by atoms with E-state index in [-0.39, 0.29) is 70.1 Å². The lowest BCUT2D eigenvalue weighted by molar-refractivity contribution is -0.383. The highest BCUT2D eigenvalue weighted by molar-refractivity contribution is 8.65. The fraction of sp³-hybridized carbons (Fsp3) is 0.257. The van der Waals surface area contributed by atoms with Crippen molar-refractivity contribution >= 4 is 74.2 Å². The van der Waals surface area contributed by atoms with Crippen LogP contribution in [0.15, 0.2) is 77.6 Å². The van der Waals surface area contributed by atoms with Crippen LogP contribution in [0.4, 0.5) is 27.9 Å². The van der Waals surface area contributed by atoms with Crippen LogP contribution in [-0.2, 0) is 17.8 Å². The van der Waals surface area contributed by atoms with Gasteiger partial charge in [-0.1, -0.05) is 31.7 Å². The SMILES string of the molecule is C.CCOC(=O)N1Cc2cccc(c2)OC/C=C/COc2nc(N)c([N+](=O)[O-])c1n2.Nc1nc2nc3c1[nH]c(=O)n3Cc1cccc(c1)OC/C=C/CO2.PP(P)P. The van der Waals surface area contributed by atoms with E-state index in [0.717, 1.165) is 16.2 Å². The number of aromatic nitrogens is 6. The van der Waals surface area contributed by atoms with Crippen molar-refractivity contribution in [2.24, 2.45) is 0 Å². The van der Waals surface area contributed by atoms with Crippen LogP contribution in [-0.4, -0.2) is 73.5 Å². The number of hydrogen-bond acceptors (Lipinski definition) is 15. The molecule has 0 aliphatic carbocycles. The van der Waals surface area contributed by atoms with Crippen LogP contribution >= 0.6 is 33.8 Å². The van der Waals surface area contributed by atoms with E-state index in [1.165, 1.54) is 4.57 Å². The Bertz CT molecular complexity index is 2320. The van der Waals surface area contributed by atoms with Crippen molar-refractivity contribution in [3.63, 3.8) is 0 Å². The third-order valence-electron chi connectivity index (χ3n) is 7.55. The Morgan fingerprint density at radius 2 is 1.38 bits per heavy atom. The quantitative estimate of drug-likeness (QED) is 0.0795. The molecule has 308 valence electrons. The number of rotatable bonds is 2. The summed E-state index contributed by atoms with van der Waals surface area (Å²) in [6.07, 6.45) is 6.27. The van der Waals surface area contributed by atoms with Crippen molar-refractivity contribution in [3.05, 3.63) is 105 Å². The van der Waals surface area contributed by atoms with Crippen molar-refractivity contribution in [1.82, 2.24) is 29.5 Å². The third-order valence-corrected chi connectivity index (χ3v) is 7.55. The maximum Gasteiger partial charge on any atom is 0.415 e. The van der Waals surface area contributed by atoms with Crippen LogP contribution in [0.25, 0.3) is 11.2 Å². The lowest BCUT2D eigenvalue weighted by atomic mass is 10.2. The number of aromatic amines is 1. The predicted octanol–water partition coefficient (Wildman–Crippen LogP) is 6.01. The van der Waals surface area contributed by atoms with E-state index in [0.29, 0.717) is 42.2 Å². The molecule has 3 atom stereocenters. The van der Waals surface area contributed by atoms with Crippen molar-refractivity contribution in [1.29, 1.82) is 0 Å². The molecule has 3 unspecified atom stereocenters. The first-order chi connectivity index (χ1) is 27.4. The van der Waals surface area contributed by atoms with Gasteiger partial charge in [-0.3, -0.25) is 19.6 Å². The molecule has 23 heteroatoms. The number of hydrogen-bond donors (Lipinski definition) is 3. The van der Waals surface area contributed by atoms with Crippen molar-refractivity contribution in [3.8, 4) is 23.5 Å². The molecule has 0 radical (unpaired) electrons. The van der Waals surface area contributed by atoms with Crippen molar-refractivity contribution in [2.75, 3.05) is 49.4 Å². The largest absolute Gasteiger partial charge is 0.490 e. The summed E-state index contributed by atoms with van der Waals surface area (Å²) in [7, 11) is 7.94. The molecule has 1 amide bonds. The van der Waals surface area contributed by atoms with Gasteiger partial charge in [0, 0.05) is 0 Å². The second kappa shape index (κ2) is 21.9. The number of nitrogens with one attached hydrogen (secondary N) is 1. The summed E-state index contributed by atoms with van der Waals surface area (Å²) in [6.45, 7) is 3.19. The molecular formula is C35H44N10O9P4. The Morgan fingerprint density at radius 1 is 0.862 bits per heavy atom. The number of nitrogens with zero attached hydrogens (tertiary/aromatic N) is 7. The molecule has 5 N–H and O–H groups in total. The normalized spacial score (nSPS) is 14.4. The van der Waals surface area contributed by atoms with Gasteiger partial charge in [0.25, 0.3) is 0 Å². The van der Waals surface area contributed by atoms with Gasteiger partial charge in [0.1, 0.15) is 43.4 Å². The number of ether oxygens (including phenoxy) is 5. The lowest BCUT2D eigenvalue weighted by Gasteiger charge is -2.22. The van der Waals surface area contributed by atoms with E-state index in [1.807, 2.05) is 36.4 Å². The average molecular weight is 873 g/mol. The molecule has 0 fully saturated rings. The Morgan fingerprint density at radius 3 is 1.93 bits per heavy atom. The molecule has 2 aliphatic rings. The molecule has 0 saturated carbocycles. The molecule has 3 aromatic heterocycles. The number of H-pyrrole nitrogens is 1. The summed E-state index contributed by atoms with van der Waals surface area (Å²) in [5, 5.41) is 11.6. The van der Waals surface area contributed by atoms with Gasteiger partial charge in [0.05, 0.1) is 24.6 Å². The van der Waals surface area contributed by atoms with Gasteiger partial charge in [-0.15, -0.1) is 26.8 Å². The molecule has 19 nitrogen and oxygen atoms in total. The molecular weight excluding hydrogens is 828 g/mol. The van der Waals surface area contributed by atoms with Gasteiger partial charge < -0.3 is 40.1 Å². The lowest BCUT2D eigenvalue weighted by Crippen LogP contribution is -2.33. The summed E-state index contributed by atoms with van der Waals surface area (Å²) in [4.78, 5) is 55.8. The first kappa shape index (κ1) is 45.2. The van der Waals surface area contributed by atoms with E-state index in [9.17, 15) is 19.7 Å². The minimum atomic E-state index is -0.821. The number of carbonyl (C=O) groups is 1. The molecule has 8 bridgehead atoms. The van der Waals surface area contributed by atoms with Crippen LogP contribution in [0.1, 0.15) is 25.5 Å². The minimum absolute atomic E-state index is 0. The maximum atomic E-state index is 12.6. The molecule has 0 spiro atoms. The zero-order valence-corrected chi connectivity index (χ0v) is 34.9. The van der Waals surface area contributed by atoms with Crippen LogP contribution < -0.4 is 41.0 Å². The third kappa shape index (κ3) is 12.5. The number of nitrogens with two attached hydrogens (primary N) is 2. The van der Waals surface area contributed by atoms with Gasteiger partial charge >= 0.3 is 29.5 Å². The number of anilines is 3. The summed E-state index contributed by atoms with van der Waals surface area (Å²) in [5.74, 6) is 0.754. The summed E-state index contributed by atoms with van der Waals surface area (Å²) in [6, 6.07) is 14.5. The average Bonchev–Trinajstić information content (AvgIpc) is 3.47. The number of nitrogen functional groups attached to an aromatic ring is 2. The number of nitro groups is 1. The Labute approximate surface area is 341 Å². The second-order valence-electron chi connectivity index (χ2n) is 11.6. The molecule has 7 rings (SSSR count).